The topological polar surface area (TPSA) is 31.4 Å². The molecule has 0 atom stereocenters. The summed E-state index contributed by atoms with van der Waals surface area (Å²) in [7, 11) is 0. The predicted octanol–water partition coefficient (Wildman–Crippen LogP) is 5.44. The molecule has 0 saturated carbocycles. The molecular weight excluding hydrogens is 333 g/mol. The number of ether oxygens (including phenoxy) is 2. The Hall–Kier alpha value is -2.23. The quantitative estimate of drug-likeness (QED) is 0.620. The molecule has 1 aliphatic rings. The van der Waals surface area contributed by atoms with Gasteiger partial charge in [0.1, 0.15) is 0 Å². The SMILES string of the molecule is Clc1ccc2ccc(/C=C/c3cc(Cl)c4c(c3)OCO4)nc2c1. The van der Waals surface area contributed by atoms with Crippen molar-refractivity contribution in [2.45, 2.75) is 0 Å². The van der Waals surface area contributed by atoms with Crippen molar-refractivity contribution in [3.63, 3.8) is 0 Å². The molecule has 1 aliphatic heterocycles. The molecule has 0 radical (unpaired) electrons. The Labute approximate surface area is 143 Å². The summed E-state index contributed by atoms with van der Waals surface area (Å²) >= 11 is 12.2. The first-order chi connectivity index (χ1) is 11.2. The molecule has 3 aromatic rings. The normalized spacial score (nSPS) is 13.1. The molecule has 1 aromatic heterocycles. The lowest BCUT2D eigenvalue weighted by molar-refractivity contribution is 0.174. The Balaban J connectivity index is 1.67. The van der Waals surface area contributed by atoms with Crippen LogP contribution in [0.4, 0.5) is 0 Å². The maximum Gasteiger partial charge on any atom is 0.231 e. The van der Waals surface area contributed by atoms with Crippen LogP contribution in [0, 0.1) is 0 Å². The van der Waals surface area contributed by atoms with E-state index in [9.17, 15) is 0 Å². The van der Waals surface area contributed by atoms with Crippen molar-refractivity contribution in [1.29, 1.82) is 0 Å². The second kappa shape index (κ2) is 5.76. The van der Waals surface area contributed by atoms with Crippen LogP contribution in [0.25, 0.3) is 23.1 Å². The van der Waals surface area contributed by atoms with E-state index in [1.54, 1.807) is 0 Å². The summed E-state index contributed by atoms with van der Waals surface area (Å²) in [4.78, 5) is 4.59. The van der Waals surface area contributed by atoms with Crippen molar-refractivity contribution in [1.82, 2.24) is 4.98 Å². The van der Waals surface area contributed by atoms with Gasteiger partial charge in [0.15, 0.2) is 11.5 Å². The van der Waals surface area contributed by atoms with Crippen LogP contribution in [0.5, 0.6) is 11.5 Å². The Kier molecular flexibility index (Phi) is 3.60. The van der Waals surface area contributed by atoms with E-state index in [2.05, 4.69) is 4.98 Å². The Morgan fingerprint density at radius 1 is 0.957 bits per heavy atom. The molecule has 23 heavy (non-hydrogen) atoms. The summed E-state index contributed by atoms with van der Waals surface area (Å²) in [5.41, 5.74) is 2.63. The van der Waals surface area contributed by atoms with Crippen molar-refractivity contribution in [3.8, 4) is 11.5 Å². The van der Waals surface area contributed by atoms with E-state index >= 15 is 0 Å². The summed E-state index contributed by atoms with van der Waals surface area (Å²) < 4.78 is 10.7. The molecule has 0 bridgehead atoms. The lowest BCUT2D eigenvalue weighted by Crippen LogP contribution is -1.93. The number of benzene rings is 2. The van der Waals surface area contributed by atoms with Gasteiger partial charge in [0.2, 0.25) is 6.79 Å². The molecule has 0 N–H and O–H groups in total. The smallest absolute Gasteiger partial charge is 0.231 e. The summed E-state index contributed by atoms with van der Waals surface area (Å²) in [6, 6.07) is 13.4. The molecule has 0 spiro atoms. The van der Waals surface area contributed by atoms with Gasteiger partial charge in [0, 0.05) is 10.4 Å². The van der Waals surface area contributed by atoms with Gasteiger partial charge in [-0.25, -0.2) is 4.98 Å². The van der Waals surface area contributed by atoms with Gasteiger partial charge in [-0.2, -0.15) is 0 Å². The first kappa shape index (κ1) is 14.4. The average molecular weight is 344 g/mol. The second-order valence-electron chi connectivity index (χ2n) is 5.14. The van der Waals surface area contributed by atoms with Gasteiger partial charge in [-0.3, -0.25) is 0 Å². The van der Waals surface area contributed by atoms with Gasteiger partial charge in [-0.15, -0.1) is 0 Å². The van der Waals surface area contributed by atoms with Gasteiger partial charge in [0.05, 0.1) is 16.2 Å². The highest BCUT2D eigenvalue weighted by molar-refractivity contribution is 6.32. The van der Waals surface area contributed by atoms with Crippen molar-refractivity contribution >= 4 is 46.3 Å². The van der Waals surface area contributed by atoms with Gasteiger partial charge in [-0.05, 0) is 42.0 Å². The highest BCUT2D eigenvalue weighted by atomic mass is 35.5. The summed E-state index contributed by atoms with van der Waals surface area (Å²) in [5, 5.41) is 2.27. The van der Waals surface area contributed by atoms with Gasteiger partial charge < -0.3 is 9.47 Å². The van der Waals surface area contributed by atoms with Crippen molar-refractivity contribution in [3.05, 3.63) is 63.8 Å². The average Bonchev–Trinajstić information content (AvgIpc) is 3.01. The molecule has 0 amide bonds. The largest absolute Gasteiger partial charge is 0.454 e. The monoisotopic (exact) mass is 343 g/mol. The summed E-state index contributed by atoms with van der Waals surface area (Å²) in [6.07, 6.45) is 3.86. The predicted molar refractivity (Wildman–Crippen MR) is 93.3 cm³/mol. The van der Waals surface area contributed by atoms with Gasteiger partial charge >= 0.3 is 0 Å². The van der Waals surface area contributed by atoms with Gasteiger partial charge in [0.25, 0.3) is 0 Å². The number of rotatable bonds is 2. The fourth-order valence-corrected chi connectivity index (χ4v) is 2.90. The van der Waals surface area contributed by atoms with E-state index in [-0.39, 0.29) is 6.79 Å². The van der Waals surface area contributed by atoms with E-state index in [1.807, 2.05) is 54.6 Å². The molecule has 0 aliphatic carbocycles. The van der Waals surface area contributed by atoms with E-state index in [0.29, 0.717) is 21.5 Å². The van der Waals surface area contributed by atoms with E-state index < -0.39 is 0 Å². The highest BCUT2D eigenvalue weighted by Crippen LogP contribution is 2.40. The Morgan fingerprint density at radius 3 is 2.74 bits per heavy atom. The van der Waals surface area contributed by atoms with Crippen LogP contribution in [0.3, 0.4) is 0 Å². The van der Waals surface area contributed by atoms with Gasteiger partial charge in [-0.1, -0.05) is 41.4 Å². The van der Waals surface area contributed by atoms with E-state index in [4.69, 9.17) is 32.7 Å². The fraction of sp³-hybridized carbons (Fsp3) is 0.0556. The first-order valence-electron chi connectivity index (χ1n) is 7.02. The highest BCUT2D eigenvalue weighted by Gasteiger charge is 2.17. The van der Waals surface area contributed by atoms with Crippen LogP contribution in [0.15, 0.2) is 42.5 Å². The van der Waals surface area contributed by atoms with Crippen LogP contribution in [-0.4, -0.2) is 11.8 Å². The molecular formula is C18H11Cl2NO2. The molecule has 4 rings (SSSR count). The molecule has 0 saturated heterocycles. The second-order valence-corrected chi connectivity index (χ2v) is 5.99. The number of nitrogens with zero attached hydrogens (tertiary/aromatic N) is 1. The van der Waals surface area contributed by atoms with Crippen molar-refractivity contribution in [2.75, 3.05) is 6.79 Å². The van der Waals surface area contributed by atoms with Crippen molar-refractivity contribution < 1.29 is 9.47 Å². The number of aromatic nitrogens is 1. The molecule has 114 valence electrons. The molecule has 0 unspecified atom stereocenters. The van der Waals surface area contributed by atoms with Crippen LogP contribution in [0.2, 0.25) is 10.0 Å². The zero-order valence-electron chi connectivity index (χ0n) is 11.9. The molecule has 0 fully saturated rings. The zero-order chi connectivity index (χ0) is 15.8. The third-order valence-electron chi connectivity index (χ3n) is 3.57. The third kappa shape index (κ3) is 2.85. The van der Waals surface area contributed by atoms with E-state index in [0.717, 1.165) is 22.2 Å². The minimum atomic E-state index is 0.204. The first-order valence-corrected chi connectivity index (χ1v) is 7.78. The van der Waals surface area contributed by atoms with Crippen LogP contribution in [0.1, 0.15) is 11.3 Å². The summed E-state index contributed by atoms with van der Waals surface area (Å²) in [5.74, 6) is 1.26. The standard InChI is InChI=1S/C18H11Cl2NO2/c19-13-4-2-12-3-6-14(21-16(12)9-13)5-1-11-7-15(20)18-17(8-11)22-10-23-18/h1-9H,10H2/b5-1+. The lowest BCUT2D eigenvalue weighted by Gasteiger charge is -2.02. The van der Waals surface area contributed by atoms with Crippen LogP contribution < -0.4 is 9.47 Å². The van der Waals surface area contributed by atoms with Crippen LogP contribution in [-0.2, 0) is 0 Å². The molecule has 3 nitrogen and oxygen atoms in total. The molecule has 2 aromatic carbocycles. The number of halogens is 2. The summed E-state index contributed by atoms with van der Waals surface area (Å²) in [6.45, 7) is 0.204. The molecule has 5 heteroatoms. The fourth-order valence-electron chi connectivity index (χ4n) is 2.46. The number of hydrogen-bond acceptors (Lipinski definition) is 3. The minimum absolute atomic E-state index is 0.204. The Bertz CT molecular complexity index is 938. The zero-order valence-corrected chi connectivity index (χ0v) is 13.4. The van der Waals surface area contributed by atoms with Crippen molar-refractivity contribution in [2.24, 2.45) is 0 Å². The number of pyridine rings is 1. The third-order valence-corrected chi connectivity index (χ3v) is 4.09. The van der Waals surface area contributed by atoms with Crippen LogP contribution >= 0.6 is 23.2 Å². The van der Waals surface area contributed by atoms with E-state index in [1.165, 1.54) is 0 Å². The maximum atomic E-state index is 6.18. The lowest BCUT2D eigenvalue weighted by atomic mass is 10.1. The number of hydrogen-bond donors (Lipinski definition) is 0. The number of fused-ring (bicyclic) bond motifs is 2. The Morgan fingerprint density at radius 2 is 1.83 bits per heavy atom. The minimum Gasteiger partial charge on any atom is -0.454 e. The molecule has 2 heterocycles. The maximum absolute atomic E-state index is 6.18.